The molecule has 0 saturated carbocycles. The van der Waals surface area contributed by atoms with Crippen LogP contribution in [0.1, 0.15) is 12.5 Å². The zero-order valence-corrected chi connectivity index (χ0v) is 11.0. The summed E-state index contributed by atoms with van der Waals surface area (Å²) >= 11 is 5.86. The summed E-state index contributed by atoms with van der Waals surface area (Å²) in [5, 5.41) is 3.19. The van der Waals surface area contributed by atoms with Crippen molar-refractivity contribution in [3.05, 3.63) is 29.4 Å². The Balaban J connectivity index is 2.16. The van der Waals surface area contributed by atoms with Crippen LogP contribution < -0.4 is 10.2 Å². The molecule has 2 aromatic heterocycles. The summed E-state index contributed by atoms with van der Waals surface area (Å²) in [7, 11) is 1.88. The zero-order chi connectivity index (χ0) is 13.0. The number of nitrogens with one attached hydrogen (secondary N) is 1. The second-order valence-corrected chi connectivity index (χ2v) is 4.08. The maximum Gasteiger partial charge on any atom is 0.231 e. The fourth-order valence-corrected chi connectivity index (χ4v) is 1.63. The van der Waals surface area contributed by atoms with Gasteiger partial charge in [0.1, 0.15) is 0 Å². The van der Waals surface area contributed by atoms with Gasteiger partial charge in [-0.2, -0.15) is 15.0 Å². The summed E-state index contributed by atoms with van der Waals surface area (Å²) in [5.74, 6) is 0.999. The highest BCUT2D eigenvalue weighted by atomic mass is 35.5. The Morgan fingerprint density at radius 2 is 2.22 bits per heavy atom. The van der Waals surface area contributed by atoms with E-state index >= 15 is 0 Å². The Morgan fingerprint density at radius 3 is 2.89 bits per heavy atom. The van der Waals surface area contributed by atoms with Gasteiger partial charge in [-0.15, -0.1) is 0 Å². The first-order chi connectivity index (χ1) is 8.69. The SMILES string of the molecule is CCNc1nc(Cl)nc(N(C)Cc2ccoc2)n1. The quantitative estimate of drug-likeness (QED) is 0.896. The van der Waals surface area contributed by atoms with Gasteiger partial charge in [0.05, 0.1) is 12.5 Å². The molecule has 2 aromatic rings. The van der Waals surface area contributed by atoms with Crippen LogP contribution in [0.3, 0.4) is 0 Å². The molecule has 0 atom stereocenters. The van der Waals surface area contributed by atoms with Crippen LogP contribution in [0, 0.1) is 0 Å². The van der Waals surface area contributed by atoms with E-state index < -0.39 is 0 Å². The average molecular weight is 268 g/mol. The molecule has 96 valence electrons. The van der Waals surface area contributed by atoms with Gasteiger partial charge in [0.2, 0.25) is 17.2 Å². The maximum atomic E-state index is 5.86. The van der Waals surface area contributed by atoms with E-state index in [2.05, 4.69) is 20.3 Å². The Morgan fingerprint density at radius 1 is 1.39 bits per heavy atom. The molecule has 0 saturated heterocycles. The Kier molecular flexibility index (Phi) is 3.99. The maximum absolute atomic E-state index is 5.86. The highest BCUT2D eigenvalue weighted by molar-refractivity contribution is 6.28. The molecule has 0 unspecified atom stereocenters. The van der Waals surface area contributed by atoms with Crippen molar-refractivity contribution < 1.29 is 4.42 Å². The van der Waals surface area contributed by atoms with Gasteiger partial charge in [-0.3, -0.25) is 0 Å². The van der Waals surface area contributed by atoms with Crippen LogP contribution in [0.15, 0.2) is 23.0 Å². The van der Waals surface area contributed by atoms with Gasteiger partial charge >= 0.3 is 0 Å². The molecule has 2 rings (SSSR count). The highest BCUT2D eigenvalue weighted by Gasteiger charge is 2.10. The van der Waals surface area contributed by atoms with Gasteiger partial charge in [0, 0.05) is 25.7 Å². The van der Waals surface area contributed by atoms with Gasteiger partial charge in [-0.05, 0) is 24.6 Å². The number of nitrogens with zero attached hydrogens (tertiary/aromatic N) is 4. The third kappa shape index (κ3) is 3.10. The van der Waals surface area contributed by atoms with Crippen LogP contribution in [0.5, 0.6) is 0 Å². The number of hydrogen-bond donors (Lipinski definition) is 1. The lowest BCUT2D eigenvalue weighted by Crippen LogP contribution is -2.20. The predicted molar refractivity (Wildman–Crippen MR) is 69.8 cm³/mol. The molecule has 0 fully saturated rings. The second kappa shape index (κ2) is 5.68. The standard InChI is InChI=1S/C11H14ClN5O/c1-3-13-10-14-9(12)15-11(16-10)17(2)6-8-4-5-18-7-8/h4-5,7H,3,6H2,1-2H3,(H,13,14,15,16). The van der Waals surface area contributed by atoms with Crippen LogP contribution in [-0.2, 0) is 6.54 Å². The number of aromatic nitrogens is 3. The number of rotatable bonds is 5. The first kappa shape index (κ1) is 12.6. The summed E-state index contributed by atoms with van der Waals surface area (Å²) in [5.41, 5.74) is 1.04. The monoisotopic (exact) mass is 267 g/mol. The third-order valence-electron chi connectivity index (χ3n) is 2.27. The molecule has 0 aliphatic heterocycles. The summed E-state index contributed by atoms with van der Waals surface area (Å²) in [4.78, 5) is 14.2. The van der Waals surface area contributed by atoms with Gasteiger partial charge in [0.25, 0.3) is 0 Å². The molecule has 0 radical (unpaired) electrons. The first-order valence-corrected chi connectivity index (χ1v) is 5.94. The lowest BCUT2D eigenvalue weighted by atomic mass is 10.3. The van der Waals surface area contributed by atoms with Crippen molar-refractivity contribution in [1.29, 1.82) is 0 Å². The van der Waals surface area contributed by atoms with E-state index in [4.69, 9.17) is 16.0 Å². The molecule has 0 aliphatic rings. The van der Waals surface area contributed by atoms with E-state index in [-0.39, 0.29) is 5.28 Å². The average Bonchev–Trinajstić information content (AvgIpc) is 2.81. The van der Waals surface area contributed by atoms with Gasteiger partial charge < -0.3 is 14.6 Å². The van der Waals surface area contributed by atoms with Crippen molar-refractivity contribution >= 4 is 23.5 Å². The summed E-state index contributed by atoms with van der Waals surface area (Å²) in [6.45, 7) is 3.33. The minimum atomic E-state index is 0.176. The van der Waals surface area contributed by atoms with E-state index in [0.717, 1.165) is 12.1 Å². The van der Waals surface area contributed by atoms with E-state index in [9.17, 15) is 0 Å². The number of furan rings is 1. The summed E-state index contributed by atoms with van der Waals surface area (Å²) < 4.78 is 5.02. The summed E-state index contributed by atoms with van der Waals surface area (Å²) in [6.07, 6.45) is 3.32. The minimum Gasteiger partial charge on any atom is -0.472 e. The van der Waals surface area contributed by atoms with E-state index in [1.165, 1.54) is 0 Å². The molecule has 7 heteroatoms. The van der Waals surface area contributed by atoms with E-state index in [1.807, 2.05) is 24.9 Å². The molecular weight excluding hydrogens is 254 g/mol. The van der Waals surface area contributed by atoms with Crippen LogP contribution >= 0.6 is 11.6 Å². The summed E-state index contributed by atoms with van der Waals surface area (Å²) in [6, 6.07) is 1.89. The molecule has 0 amide bonds. The molecule has 0 bridgehead atoms. The minimum absolute atomic E-state index is 0.176. The number of halogens is 1. The Bertz CT molecular complexity index is 502. The predicted octanol–water partition coefficient (Wildman–Crippen LogP) is 2.19. The molecule has 0 aliphatic carbocycles. The van der Waals surface area contributed by atoms with E-state index in [1.54, 1.807) is 12.5 Å². The second-order valence-electron chi connectivity index (χ2n) is 3.75. The number of anilines is 2. The molecule has 0 aromatic carbocycles. The normalized spacial score (nSPS) is 10.4. The van der Waals surface area contributed by atoms with Crippen LogP contribution in [0.2, 0.25) is 5.28 Å². The first-order valence-electron chi connectivity index (χ1n) is 5.56. The van der Waals surface area contributed by atoms with Crippen molar-refractivity contribution in [2.45, 2.75) is 13.5 Å². The lowest BCUT2D eigenvalue weighted by molar-refractivity contribution is 0.563. The van der Waals surface area contributed by atoms with Gasteiger partial charge in [-0.25, -0.2) is 0 Å². The van der Waals surface area contributed by atoms with Crippen LogP contribution in [-0.4, -0.2) is 28.5 Å². The van der Waals surface area contributed by atoms with Crippen LogP contribution in [0.25, 0.3) is 0 Å². The van der Waals surface area contributed by atoms with Crippen LogP contribution in [0.4, 0.5) is 11.9 Å². The molecule has 0 spiro atoms. The van der Waals surface area contributed by atoms with Crippen molar-refractivity contribution in [2.75, 3.05) is 23.8 Å². The molecule has 1 N–H and O–H groups in total. The van der Waals surface area contributed by atoms with Gasteiger partial charge in [0.15, 0.2) is 0 Å². The van der Waals surface area contributed by atoms with Gasteiger partial charge in [-0.1, -0.05) is 0 Å². The molecule has 18 heavy (non-hydrogen) atoms. The van der Waals surface area contributed by atoms with Crippen molar-refractivity contribution in [2.24, 2.45) is 0 Å². The molecular formula is C11H14ClN5O. The topological polar surface area (TPSA) is 67.1 Å². The zero-order valence-electron chi connectivity index (χ0n) is 10.2. The van der Waals surface area contributed by atoms with E-state index in [0.29, 0.717) is 18.4 Å². The Hall–Kier alpha value is -1.82. The lowest BCUT2D eigenvalue weighted by Gasteiger charge is -2.16. The number of hydrogen-bond acceptors (Lipinski definition) is 6. The largest absolute Gasteiger partial charge is 0.472 e. The Labute approximate surface area is 110 Å². The fourth-order valence-electron chi connectivity index (χ4n) is 1.47. The smallest absolute Gasteiger partial charge is 0.231 e. The van der Waals surface area contributed by atoms with Crippen molar-refractivity contribution in [3.8, 4) is 0 Å². The molecule has 6 nitrogen and oxygen atoms in total. The highest BCUT2D eigenvalue weighted by Crippen LogP contribution is 2.15. The van der Waals surface area contributed by atoms with Crippen molar-refractivity contribution in [3.63, 3.8) is 0 Å². The fraction of sp³-hybridized carbons (Fsp3) is 0.364. The van der Waals surface area contributed by atoms with Crippen molar-refractivity contribution in [1.82, 2.24) is 15.0 Å². The third-order valence-corrected chi connectivity index (χ3v) is 2.44. The molecule has 2 heterocycles.